The van der Waals surface area contributed by atoms with Crippen LogP contribution in [0, 0.1) is 5.92 Å². The molecule has 1 aliphatic rings. The van der Waals surface area contributed by atoms with Gasteiger partial charge in [0.2, 0.25) is 11.7 Å². The van der Waals surface area contributed by atoms with Crippen molar-refractivity contribution < 1.29 is 23.9 Å². The van der Waals surface area contributed by atoms with E-state index in [0.29, 0.717) is 18.5 Å². The minimum Gasteiger partial charge on any atom is -0.465 e. The van der Waals surface area contributed by atoms with Crippen LogP contribution in [0.4, 0.5) is 0 Å². The molecular weight excluding hydrogens is 312 g/mol. The van der Waals surface area contributed by atoms with Gasteiger partial charge in [0.05, 0.1) is 12.7 Å². The van der Waals surface area contributed by atoms with Gasteiger partial charge in [-0.15, -0.1) is 0 Å². The van der Waals surface area contributed by atoms with Crippen molar-refractivity contribution in [1.82, 2.24) is 10.2 Å². The fraction of sp³-hybridized carbons (Fsp3) is 0.412. The summed E-state index contributed by atoms with van der Waals surface area (Å²) in [7, 11) is 2.84. The fourth-order valence-corrected chi connectivity index (χ4v) is 2.53. The van der Waals surface area contributed by atoms with Crippen LogP contribution in [-0.4, -0.2) is 55.7 Å². The van der Waals surface area contributed by atoms with Gasteiger partial charge in [-0.3, -0.25) is 14.4 Å². The van der Waals surface area contributed by atoms with Crippen molar-refractivity contribution in [2.24, 2.45) is 5.92 Å². The number of hydrogen-bond acceptors (Lipinski definition) is 5. The summed E-state index contributed by atoms with van der Waals surface area (Å²) in [6, 6.07) is 7.06. The molecule has 0 radical (unpaired) electrons. The highest BCUT2D eigenvalue weighted by Gasteiger charge is 2.41. The Morgan fingerprint density at radius 2 is 1.92 bits per heavy atom. The molecule has 1 aromatic rings. The molecule has 1 fully saturated rings. The lowest BCUT2D eigenvalue weighted by molar-refractivity contribution is -0.142. The van der Waals surface area contributed by atoms with E-state index in [2.05, 4.69) is 10.1 Å². The van der Waals surface area contributed by atoms with Crippen LogP contribution in [0.5, 0.6) is 0 Å². The van der Waals surface area contributed by atoms with Crippen LogP contribution in [0.1, 0.15) is 22.3 Å². The third-order valence-corrected chi connectivity index (χ3v) is 3.96. The van der Waals surface area contributed by atoms with Crippen LogP contribution in [0.2, 0.25) is 0 Å². The van der Waals surface area contributed by atoms with Crippen molar-refractivity contribution in [1.29, 1.82) is 0 Å². The lowest BCUT2D eigenvalue weighted by Crippen LogP contribution is -2.36. The quantitative estimate of drug-likeness (QED) is 0.347. The molecule has 0 spiro atoms. The molecule has 1 N–H and O–H groups in total. The number of aryl methyl sites for hydroxylation is 1. The van der Waals surface area contributed by atoms with Gasteiger partial charge in [-0.1, -0.05) is 12.1 Å². The van der Waals surface area contributed by atoms with Gasteiger partial charge in [0, 0.05) is 20.1 Å². The number of amides is 2. The number of likely N-dealkylation sites (tertiary alicyclic amines) is 1. The van der Waals surface area contributed by atoms with Gasteiger partial charge in [0.15, 0.2) is 0 Å². The first kappa shape index (κ1) is 17.7. The van der Waals surface area contributed by atoms with Gasteiger partial charge < -0.3 is 15.0 Å². The number of carbonyl (C=O) groups is 4. The second kappa shape index (κ2) is 7.72. The smallest absolute Gasteiger partial charge is 0.337 e. The number of nitrogens with one attached hydrogen (secondary N) is 1. The van der Waals surface area contributed by atoms with E-state index in [1.165, 1.54) is 19.1 Å². The molecule has 7 nitrogen and oxygen atoms in total. The van der Waals surface area contributed by atoms with Gasteiger partial charge in [-0.05, 0) is 30.5 Å². The van der Waals surface area contributed by atoms with E-state index < -0.39 is 23.5 Å². The molecule has 0 aromatic heterocycles. The SMILES string of the molecule is COC(=O)c1ccc(CCCNC(=O)C2CN(C)C(=O)C2=O)cc1. The number of ether oxygens (including phenoxy) is 1. The first-order valence-corrected chi connectivity index (χ1v) is 7.68. The minimum atomic E-state index is -0.901. The van der Waals surface area contributed by atoms with Crippen molar-refractivity contribution in [3.63, 3.8) is 0 Å². The van der Waals surface area contributed by atoms with E-state index in [-0.39, 0.29) is 12.5 Å². The molecule has 1 aromatic carbocycles. The summed E-state index contributed by atoms with van der Waals surface area (Å²) < 4.78 is 4.63. The molecule has 1 atom stereocenters. The van der Waals surface area contributed by atoms with E-state index in [1.807, 2.05) is 12.1 Å². The fourth-order valence-electron chi connectivity index (χ4n) is 2.53. The molecular formula is C17H20N2O5. The lowest BCUT2D eigenvalue weighted by Gasteiger charge is -2.10. The number of esters is 1. The molecule has 7 heteroatoms. The zero-order valence-corrected chi connectivity index (χ0v) is 13.7. The molecule has 1 unspecified atom stereocenters. The van der Waals surface area contributed by atoms with Gasteiger partial charge >= 0.3 is 5.97 Å². The largest absolute Gasteiger partial charge is 0.465 e. The maximum absolute atomic E-state index is 11.9. The number of methoxy groups -OCH3 is 1. The highest BCUT2D eigenvalue weighted by atomic mass is 16.5. The van der Waals surface area contributed by atoms with Crippen LogP contribution in [0.3, 0.4) is 0 Å². The Labute approximate surface area is 140 Å². The Hall–Kier alpha value is -2.70. The molecule has 24 heavy (non-hydrogen) atoms. The lowest BCUT2D eigenvalue weighted by atomic mass is 10.1. The standard InChI is InChI=1S/C17H20N2O5/c1-19-10-13(14(20)16(19)22)15(21)18-9-3-4-11-5-7-12(8-6-11)17(23)24-2/h5-8,13H,3-4,9-10H2,1-2H3,(H,18,21). The summed E-state index contributed by atoms with van der Waals surface area (Å²) in [5.41, 5.74) is 1.52. The molecule has 1 aliphatic heterocycles. The normalized spacial score (nSPS) is 17.1. The molecule has 2 rings (SSSR count). The molecule has 128 valence electrons. The Bertz CT molecular complexity index is 653. The van der Waals surface area contributed by atoms with Crippen LogP contribution in [-0.2, 0) is 25.5 Å². The van der Waals surface area contributed by atoms with E-state index in [4.69, 9.17) is 0 Å². The average Bonchev–Trinajstić information content (AvgIpc) is 2.86. The summed E-state index contributed by atoms with van der Waals surface area (Å²) in [5.74, 6) is -2.94. The van der Waals surface area contributed by atoms with Crippen molar-refractivity contribution in [2.45, 2.75) is 12.8 Å². The molecule has 1 heterocycles. The molecule has 0 saturated carbocycles. The van der Waals surface area contributed by atoms with Crippen molar-refractivity contribution in [3.8, 4) is 0 Å². The summed E-state index contributed by atoms with van der Waals surface area (Å²) in [4.78, 5) is 47.6. The monoisotopic (exact) mass is 332 g/mol. The number of hydrogen-bond donors (Lipinski definition) is 1. The average molecular weight is 332 g/mol. The number of benzene rings is 1. The Morgan fingerprint density at radius 1 is 1.25 bits per heavy atom. The van der Waals surface area contributed by atoms with Gasteiger partial charge in [0.1, 0.15) is 5.92 Å². The minimum absolute atomic E-state index is 0.137. The number of carbonyl (C=O) groups excluding carboxylic acids is 4. The second-order valence-electron chi connectivity index (χ2n) is 5.69. The number of likely N-dealkylation sites (N-methyl/N-ethyl adjacent to an activating group) is 1. The Kier molecular flexibility index (Phi) is 5.68. The highest BCUT2D eigenvalue weighted by molar-refractivity contribution is 6.42. The van der Waals surface area contributed by atoms with Gasteiger partial charge in [-0.2, -0.15) is 0 Å². The van der Waals surface area contributed by atoms with E-state index in [0.717, 1.165) is 12.0 Å². The third kappa shape index (κ3) is 3.98. The van der Waals surface area contributed by atoms with Crippen molar-refractivity contribution in [2.75, 3.05) is 27.2 Å². The predicted molar refractivity (Wildman–Crippen MR) is 85.2 cm³/mol. The Balaban J connectivity index is 1.75. The number of rotatable bonds is 6. The van der Waals surface area contributed by atoms with Crippen LogP contribution in [0.25, 0.3) is 0 Å². The number of nitrogens with zero attached hydrogens (tertiary/aromatic N) is 1. The van der Waals surface area contributed by atoms with Crippen molar-refractivity contribution >= 4 is 23.6 Å². The molecule has 0 bridgehead atoms. The van der Waals surface area contributed by atoms with E-state index in [1.54, 1.807) is 12.1 Å². The summed E-state index contributed by atoms with van der Waals surface area (Å²) >= 11 is 0. The maximum atomic E-state index is 11.9. The highest BCUT2D eigenvalue weighted by Crippen LogP contribution is 2.12. The van der Waals surface area contributed by atoms with Crippen LogP contribution >= 0.6 is 0 Å². The predicted octanol–water partition coefficient (Wildman–Crippen LogP) is 0.179. The first-order valence-electron chi connectivity index (χ1n) is 7.68. The summed E-state index contributed by atoms with van der Waals surface area (Å²) in [5, 5.41) is 2.69. The zero-order chi connectivity index (χ0) is 17.7. The number of ketones is 1. The molecule has 0 aliphatic carbocycles. The van der Waals surface area contributed by atoms with Crippen molar-refractivity contribution in [3.05, 3.63) is 35.4 Å². The maximum Gasteiger partial charge on any atom is 0.337 e. The van der Waals surface area contributed by atoms with E-state index in [9.17, 15) is 19.2 Å². The summed E-state index contributed by atoms with van der Waals surface area (Å²) in [6.07, 6.45) is 1.41. The zero-order valence-electron chi connectivity index (χ0n) is 13.7. The Morgan fingerprint density at radius 3 is 2.46 bits per heavy atom. The van der Waals surface area contributed by atoms with E-state index >= 15 is 0 Å². The third-order valence-electron chi connectivity index (χ3n) is 3.96. The van der Waals surface area contributed by atoms with Gasteiger partial charge in [-0.25, -0.2) is 4.79 Å². The molecule has 2 amide bonds. The second-order valence-corrected chi connectivity index (χ2v) is 5.69. The van der Waals surface area contributed by atoms with Crippen LogP contribution < -0.4 is 5.32 Å². The topological polar surface area (TPSA) is 92.8 Å². The first-order chi connectivity index (χ1) is 11.4. The van der Waals surface area contributed by atoms with Gasteiger partial charge in [0.25, 0.3) is 5.91 Å². The van der Waals surface area contributed by atoms with Crippen LogP contribution in [0.15, 0.2) is 24.3 Å². The summed E-state index contributed by atoms with van der Waals surface area (Å²) in [6.45, 7) is 0.553. The molecule has 1 saturated heterocycles. The number of Topliss-reactive ketones (excluding diaryl/α,β-unsaturated/α-hetero) is 1.